The molecule has 0 saturated heterocycles. The Morgan fingerprint density at radius 1 is 1.29 bits per heavy atom. The number of carbonyl (C=O) groups is 1. The van der Waals surface area contributed by atoms with Crippen molar-refractivity contribution < 1.29 is 4.79 Å². The summed E-state index contributed by atoms with van der Waals surface area (Å²) in [5, 5.41) is 4.01. The number of nitrogens with one attached hydrogen (secondary N) is 1. The van der Waals surface area contributed by atoms with Crippen molar-refractivity contribution in [1.82, 2.24) is 14.4 Å². The summed E-state index contributed by atoms with van der Waals surface area (Å²) in [7, 11) is 0. The SMILES string of the molecule is Cc1nc(NC(=O)c2c(C)nc3cc(Cl)ccn23)sc1C. The Bertz CT molecular complexity index is 833. The first-order valence-corrected chi connectivity index (χ1v) is 7.55. The lowest BCUT2D eigenvalue weighted by Gasteiger charge is -2.03. The van der Waals surface area contributed by atoms with Crippen molar-refractivity contribution >= 4 is 39.6 Å². The smallest absolute Gasteiger partial charge is 0.276 e. The standard InChI is InChI=1S/C14H13ClN4OS/c1-7-9(3)21-14(17-7)18-13(20)12-8(2)16-11-6-10(15)4-5-19(11)12/h4-6H,1-3H3,(H,17,18,20). The van der Waals surface area contributed by atoms with Crippen LogP contribution in [0.1, 0.15) is 26.8 Å². The van der Waals surface area contributed by atoms with Gasteiger partial charge in [0.1, 0.15) is 11.3 Å². The fourth-order valence-electron chi connectivity index (χ4n) is 2.09. The molecule has 0 atom stereocenters. The van der Waals surface area contributed by atoms with E-state index >= 15 is 0 Å². The maximum atomic E-state index is 12.5. The lowest BCUT2D eigenvalue weighted by Crippen LogP contribution is -2.15. The molecule has 0 aliphatic rings. The Morgan fingerprint density at radius 3 is 2.71 bits per heavy atom. The Balaban J connectivity index is 1.99. The molecule has 0 saturated carbocycles. The van der Waals surface area contributed by atoms with Crippen LogP contribution >= 0.6 is 22.9 Å². The van der Waals surface area contributed by atoms with E-state index in [4.69, 9.17) is 11.6 Å². The maximum Gasteiger partial charge on any atom is 0.276 e. The highest BCUT2D eigenvalue weighted by Crippen LogP contribution is 2.23. The van der Waals surface area contributed by atoms with E-state index in [0.717, 1.165) is 10.6 Å². The van der Waals surface area contributed by atoms with Crippen molar-refractivity contribution in [2.75, 3.05) is 5.32 Å². The molecule has 7 heteroatoms. The number of rotatable bonds is 2. The number of hydrogen-bond donors (Lipinski definition) is 1. The number of anilines is 1. The van der Waals surface area contributed by atoms with Crippen LogP contribution in [0, 0.1) is 20.8 Å². The fraction of sp³-hybridized carbons (Fsp3) is 0.214. The van der Waals surface area contributed by atoms with Crippen LogP contribution in [0.15, 0.2) is 18.3 Å². The van der Waals surface area contributed by atoms with Gasteiger partial charge in [-0.3, -0.25) is 14.5 Å². The number of fused-ring (bicyclic) bond motifs is 1. The lowest BCUT2D eigenvalue weighted by molar-refractivity contribution is 0.102. The van der Waals surface area contributed by atoms with E-state index in [1.165, 1.54) is 11.3 Å². The summed E-state index contributed by atoms with van der Waals surface area (Å²) < 4.78 is 1.73. The predicted octanol–water partition coefficient (Wildman–Crippen LogP) is 3.62. The van der Waals surface area contributed by atoms with Crippen LogP contribution in [-0.4, -0.2) is 20.3 Å². The van der Waals surface area contributed by atoms with E-state index in [9.17, 15) is 4.79 Å². The number of aromatic nitrogens is 3. The van der Waals surface area contributed by atoms with Crippen LogP contribution in [-0.2, 0) is 0 Å². The quantitative estimate of drug-likeness (QED) is 0.784. The summed E-state index contributed by atoms with van der Waals surface area (Å²) in [5.74, 6) is -0.226. The monoisotopic (exact) mass is 320 g/mol. The molecule has 3 aromatic rings. The number of pyridine rings is 1. The second-order valence-electron chi connectivity index (χ2n) is 4.73. The molecule has 108 valence electrons. The molecular weight excluding hydrogens is 308 g/mol. The van der Waals surface area contributed by atoms with Gasteiger partial charge in [0.15, 0.2) is 5.13 Å². The minimum Gasteiger partial charge on any atom is -0.296 e. The minimum atomic E-state index is -0.226. The summed E-state index contributed by atoms with van der Waals surface area (Å²) in [6.07, 6.45) is 1.74. The van der Waals surface area contributed by atoms with Crippen LogP contribution in [0.5, 0.6) is 0 Å². The highest BCUT2D eigenvalue weighted by molar-refractivity contribution is 7.15. The van der Waals surface area contributed by atoms with Crippen LogP contribution < -0.4 is 5.32 Å². The third-order valence-corrected chi connectivity index (χ3v) is 4.45. The van der Waals surface area contributed by atoms with Gasteiger partial charge in [0.2, 0.25) is 0 Å². The van der Waals surface area contributed by atoms with E-state index in [2.05, 4.69) is 15.3 Å². The maximum absolute atomic E-state index is 12.5. The number of thiazole rings is 1. The summed E-state index contributed by atoms with van der Waals surface area (Å²) in [6.45, 7) is 5.70. The molecule has 0 aliphatic carbocycles. The number of carbonyl (C=O) groups excluding carboxylic acids is 1. The molecule has 0 fully saturated rings. The zero-order valence-electron chi connectivity index (χ0n) is 11.8. The first-order chi connectivity index (χ1) is 9.95. The molecule has 3 aromatic heterocycles. The molecule has 5 nitrogen and oxygen atoms in total. The van der Waals surface area contributed by atoms with Crippen LogP contribution in [0.3, 0.4) is 0 Å². The molecule has 0 aliphatic heterocycles. The van der Waals surface area contributed by atoms with Crippen molar-refractivity contribution in [2.24, 2.45) is 0 Å². The van der Waals surface area contributed by atoms with Gasteiger partial charge in [0.05, 0.1) is 11.4 Å². The molecular formula is C14H13ClN4OS. The van der Waals surface area contributed by atoms with Gasteiger partial charge >= 0.3 is 0 Å². The summed E-state index contributed by atoms with van der Waals surface area (Å²) in [4.78, 5) is 22.2. The molecule has 1 N–H and O–H groups in total. The van der Waals surface area contributed by atoms with Gasteiger partial charge < -0.3 is 0 Å². The van der Waals surface area contributed by atoms with Crippen LogP contribution in [0.4, 0.5) is 5.13 Å². The van der Waals surface area contributed by atoms with Crippen molar-refractivity contribution in [3.63, 3.8) is 0 Å². The average Bonchev–Trinajstić information content (AvgIpc) is 2.88. The minimum absolute atomic E-state index is 0.226. The first-order valence-electron chi connectivity index (χ1n) is 6.35. The van der Waals surface area contributed by atoms with Gasteiger partial charge in [-0.05, 0) is 26.8 Å². The van der Waals surface area contributed by atoms with E-state index in [-0.39, 0.29) is 5.91 Å². The van der Waals surface area contributed by atoms with Gasteiger partial charge in [-0.1, -0.05) is 11.6 Å². The molecule has 0 spiro atoms. The van der Waals surface area contributed by atoms with Gasteiger partial charge in [0, 0.05) is 22.2 Å². The Kier molecular flexibility index (Phi) is 3.43. The van der Waals surface area contributed by atoms with Gasteiger partial charge in [-0.2, -0.15) is 0 Å². The van der Waals surface area contributed by atoms with Crippen LogP contribution in [0.25, 0.3) is 5.65 Å². The lowest BCUT2D eigenvalue weighted by atomic mass is 10.3. The number of aryl methyl sites for hydroxylation is 3. The molecule has 1 amide bonds. The zero-order valence-corrected chi connectivity index (χ0v) is 13.3. The Labute approximate surface area is 130 Å². The number of hydrogen-bond acceptors (Lipinski definition) is 4. The van der Waals surface area contributed by atoms with Crippen molar-refractivity contribution in [3.05, 3.63) is 45.3 Å². The third-order valence-electron chi connectivity index (χ3n) is 3.23. The molecule has 0 unspecified atom stereocenters. The second-order valence-corrected chi connectivity index (χ2v) is 6.37. The van der Waals surface area contributed by atoms with E-state index < -0.39 is 0 Å². The van der Waals surface area contributed by atoms with E-state index in [0.29, 0.717) is 27.2 Å². The van der Waals surface area contributed by atoms with Crippen LogP contribution in [0.2, 0.25) is 5.02 Å². The van der Waals surface area contributed by atoms with Gasteiger partial charge in [-0.25, -0.2) is 9.97 Å². The van der Waals surface area contributed by atoms with E-state index in [1.54, 1.807) is 29.7 Å². The Morgan fingerprint density at radius 2 is 2.05 bits per heavy atom. The first kappa shape index (κ1) is 14.0. The Hall–Kier alpha value is -1.92. The molecule has 0 radical (unpaired) electrons. The van der Waals surface area contributed by atoms with Gasteiger partial charge in [-0.15, -0.1) is 11.3 Å². The number of nitrogens with zero attached hydrogens (tertiary/aromatic N) is 3. The summed E-state index contributed by atoms with van der Waals surface area (Å²) in [5.41, 5.74) is 2.72. The fourth-order valence-corrected chi connectivity index (χ4v) is 3.06. The predicted molar refractivity (Wildman–Crippen MR) is 84.5 cm³/mol. The van der Waals surface area contributed by atoms with Crippen molar-refractivity contribution in [3.8, 4) is 0 Å². The summed E-state index contributed by atoms with van der Waals surface area (Å²) in [6, 6.07) is 3.45. The normalized spacial score (nSPS) is 11.0. The average molecular weight is 321 g/mol. The van der Waals surface area contributed by atoms with E-state index in [1.807, 2.05) is 13.8 Å². The molecule has 3 heterocycles. The molecule has 3 rings (SSSR count). The molecule has 0 aromatic carbocycles. The van der Waals surface area contributed by atoms with Crippen molar-refractivity contribution in [2.45, 2.75) is 20.8 Å². The number of halogens is 1. The highest BCUT2D eigenvalue weighted by atomic mass is 35.5. The number of imidazole rings is 1. The third kappa shape index (κ3) is 2.52. The summed E-state index contributed by atoms with van der Waals surface area (Å²) >= 11 is 7.41. The zero-order chi connectivity index (χ0) is 15.1. The molecule has 0 bridgehead atoms. The topological polar surface area (TPSA) is 59.3 Å². The van der Waals surface area contributed by atoms with Crippen molar-refractivity contribution in [1.29, 1.82) is 0 Å². The van der Waals surface area contributed by atoms with Gasteiger partial charge in [0.25, 0.3) is 5.91 Å². The highest BCUT2D eigenvalue weighted by Gasteiger charge is 2.18. The largest absolute Gasteiger partial charge is 0.296 e. The molecule has 21 heavy (non-hydrogen) atoms. The number of amides is 1. The second kappa shape index (κ2) is 5.13.